The van der Waals surface area contributed by atoms with Gasteiger partial charge in [-0.3, -0.25) is 0 Å². The van der Waals surface area contributed by atoms with Crippen LogP contribution in [-0.4, -0.2) is 30.5 Å². The van der Waals surface area contributed by atoms with Crippen LogP contribution in [-0.2, 0) is 11.4 Å². The summed E-state index contributed by atoms with van der Waals surface area (Å²) < 4.78 is 16.8. The predicted molar refractivity (Wildman–Crippen MR) is 119 cm³/mol. The highest BCUT2D eigenvalue weighted by molar-refractivity contribution is 5.99. The summed E-state index contributed by atoms with van der Waals surface area (Å²) >= 11 is 0. The van der Waals surface area contributed by atoms with E-state index in [0.717, 1.165) is 17.2 Å². The lowest BCUT2D eigenvalue weighted by atomic mass is 10.1. The smallest absolute Gasteiger partial charge is 0.328 e. The molecule has 0 unspecified atom stereocenters. The zero-order valence-corrected chi connectivity index (χ0v) is 17.1. The van der Waals surface area contributed by atoms with Crippen LogP contribution in [0.15, 0.2) is 78.9 Å². The molecule has 0 aromatic heterocycles. The zero-order chi connectivity index (χ0) is 22.1. The molecule has 31 heavy (non-hydrogen) atoms. The average molecular weight is 417 g/mol. The lowest BCUT2D eigenvalue weighted by molar-refractivity contribution is -0.131. The van der Waals surface area contributed by atoms with Gasteiger partial charge in [0.25, 0.3) is 0 Å². The maximum absolute atomic E-state index is 10.7. The third kappa shape index (κ3) is 6.47. The number of hydrogen-bond donors (Lipinski definition) is 2. The maximum Gasteiger partial charge on any atom is 0.328 e. The van der Waals surface area contributed by atoms with Gasteiger partial charge in [-0.25, -0.2) is 4.79 Å². The van der Waals surface area contributed by atoms with Gasteiger partial charge in [0.15, 0.2) is 0 Å². The van der Waals surface area contributed by atoms with Gasteiger partial charge >= 0.3 is 5.97 Å². The number of carboxylic acids is 1. The third-order valence-corrected chi connectivity index (χ3v) is 4.44. The number of ether oxygens (including phenoxy) is 3. The van der Waals surface area contributed by atoms with E-state index < -0.39 is 5.97 Å². The fourth-order valence-electron chi connectivity index (χ4n) is 2.81. The first-order valence-corrected chi connectivity index (χ1v) is 9.61. The number of methoxy groups -OCH3 is 1. The number of carbonyl (C=O) groups is 1. The summed E-state index contributed by atoms with van der Waals surface area (Å²) in [5.74, 6) is 0.799. The highest BCUT2D eigenvalue weighted by atomic mass is 16.5. The van der Waals surface area contributed by atoms with Crippen LogP contribution < -0.4 is 14.2 Å². The van der Waals surface area contributed by atoms with Crippen LogP contribution >= 0.6 is 0 Å². The molecule has 0 heterocycles. The number of rotatable bonds is 10. The summed E-state index contributed by atoms with van der Waals surface area (Å²) in [6, 6.07) is 22.2. The van der Waals surface area contributed by atoms with E-state index in [-0.39, 0.29) is 6.61 Å². The van der Waals surface area contributed by atoms with E-state index in [1.807, 2.05) is 54.6 Å². The van der Waals surface area contributed by atoms with Crippen molar-refractivity contribution in [3.05, 3.63) is 95.6 Å². The molecule has 6 heteroatoms. The molecule has 0 aliphatic carbocycles. The predicted octanol–water partition coefficient (Wildman–Crippen LogP) is 4.82. The van der Waals surface area contributed by atoms with Crippen LogP contribution in [0.1, 0.15) is 16.7 Å². The molecule has 0 atom stereocenters. The highest BCUT2D eigenvalue weighted by Crippen LogP contribution is 2.26. The van der Waals surface area contributed by atoms with Gasteiger partial charge in [0.05, 0.1) is 12.8 Å². The van der Waals surface area contributed by atoms with Gasteiger partial charge in [0.2, 0.25) is 0 Å². The Kier molecular flexibility index (Phi) is 7.43. The Hall–Kier alpha value is -4.06. The molecular weight excluding hydrogens is 394 g/mol. The summed E-state index contributed by atoms with van der Waals surface area (Å²) in [4.78, 5) is 10.7. The van der Waals surface area contributed by atoms with Crippen LogP contribution in [0.3, 0.4) is 0 Å². The molecule has 0 aliphatic rings. The van der Waals surface area contributed by atoms with Crippen molar-refractivity contribution in [2.24, 2.45) is 0 Å². The fourth-order valence-corrected chi connectivity index (χ4v) is 2.81. The lowest BCUT2D eigenvalue weighted by Crippen LogP contribution is -2.11. The monoisotopic (exact) mass is 417 g/mol. The fraction of sp³-hybridized carbons (Fsp3) is 0.120. The summed E-state index contributed by atoms with van der Waals surface area (Å²) in [7, 11) is 1.52. The summed E-state index contributed by atoms with van der Waals surface area (Å²) in [6.07, 6.45) is 2.53. The van der Waals surface area contributed by atoms with Gasteiger partial charge in [-0.1, -0.05) is 42.5 Å². The van der Waals surface area contributed by atoms with Crippen molar-refractivity contribution < 1.29 is 24.1 Å². The van der Waals surface area contributed by atoms with Crippen molar-refractivity contribution in [3.63, 3.8) is 0 Å². The minimum absolute atomic E-state index is 0.197. The molecule has 0 spiro atoms. The third-order valence-electron chi connectivity index (χ3n) is 4.44. The largest absolute Gasteiger partial charge is 0.496 e. The first-order chi connectivity index (χ1) is 15.0. The van der Waals surface area contributed by atoms with E-state index in [1.54, 1.807) is 18.2 Å². The zero-order valence-electron chi connectivity index (χ0n) is 17.1. The van der Waals surface area contributed by atoms with E-state index in [2.05, 4.69) is 0 Å². The minimum Gasteiger partial charge on any atom is -0.496 e. The molecule has 2 N–H and O–H groups in total. The number of hydrogen-bond acceptors (Lipinski definition) is 5. The molecule has 3 aromatic rings. The first kappa shape index (κ1) is 21.6. The van der Waals surface area contributed by atoms with Crippen molar-refractivity contribution in [1.82, 2.24) is 0 Å². The van der Waals surface area contributed by atoms with Crippen molar-refractivity contribution in [2.75, 3.05) is 13.7 Å². The molecule has 0 bridgehead atoms. The number of benzene rings is 3. The second kappa shape index (κ2) is 10.6. The Labute approximate surface area is 180 Å². The number of carboxylic acid groups (broad SMARTS) is 1. The Morgan fingerprint density at radius 2 is 1.68 bits per heavy atom. The van der Waals surface area contributed by atoms with Gasteiger partial charge < -0.3 is 24.7 Å². The highest BCUT2D eigenvalue weighted by Gasteiger charge is 2.05. The van der Waals surface area contributed by atoms with E-state index in [9.17, 15) is 4.79 Å². The van der Waals surface area contributed by atoms with Crippen LogP contribution in [0, 0.1) is 5.41 Å². The van der Waals surface area contributed by atoms with E-state index in [4.69, 9.17) is 24.7 Å². The minimum atomic E-state index is -1.02. The molecule has 0 saturated carbocycles. The first-order valence-electron chi connectivity index (χ1n) is 9.61. The van der Waals surface area contributed by atoms with E-state index >= 15 is 0 Å². The lowest BCUT2D eigenvalue weighted by Gasteiger charge is -2.11. The Morgan fingerprint density at radius 1 is 0.968 bits per heavy atom. The molecule has 0 aliphatic heterocycles. The standard InChI is InChI=1S/C25H23NO5/c1-29-24-15-22(13-9-20(24)10-14-25(27)28)30-16-18-7-11-21(12-8-18)31-17-23(26)19-5-3-2-4-6-19/h2-15,26H,16-17H2,1H3,(H,27,28). The molecule has 3 aromatic carbocycles. The summed E-state index contributed by atoms with van der Waals surface area (Å²) in [5.41, 5.74) is 2.87. The second-order valence-electron chi connectivity index (χ2n) is 6.64. The van der Waals surface area contributed by atoms with Crippen LogP contribution in [0.2, 0.25) is 0 Å². The quantitative estimate of drug-likeness (QED) is 0.365. The van der Waals surface area contributed by atoms with Crippen molar-refractivity contribution in [1.29, 1.82) is 5.41 Å². The van der Waals surface area contributed by atoms with E-state index in [0.29, 0.717) is 35.1 Å². The van der Waals surface area contributed by atoms with Crippen LogP contribution in [0.4, 0.5) is 0 Å². The molecule has 158 valence electrons. The molecule has 0 fully saturated rings. The SMILES string of the molecule is COc1cc(OCc2ccc(OCC(=N)c3ccccc3)cc2)ccc1C=CC(=O)O. The molecule has 0 saturated heterocycles. The van der Waals surface area contributed by atoms with Crippen molar-refractivity contribution in [2.45, 2.75) is 6.61 Å². The summed E-state index contributed by atoms with van der Waals surface area (Å²) in [5, 5.41) is 16.9. The van der Waals surface area contributed by atoms with Gasteiger partial charge in [0.1, 0.15) is 30.5 Å². The van der Waals surface area contributed by atoms with Gasteiger partial charge in [0, 0.05) is 17.7 Å². The molecule has 0 amide bonds. The van der Waals surface area contributed by atoms with Gasteiger partial charge in [-0.2, -0.15) is 0 Å². The van der Waals surface area contributed by atoms with Crippen molar-refractivity contribution in [3.8, 4) is 17.2 Å². The maximum atomic E-state index is 10.7. The van der Waals surface area contributed by atoms with E-state index in [1.165, 1.54) is 13.2 Å². The Morgan fingerprint density at radius 3 is 2.35 bits per heavy atom. The molecule has 3 rings (SSSR count). The normalized spacial score (nSPS) is 10.6. The topological polar surface area (TPSA) is 88.8 Å². The molecule has 0 radical (unpaired) electrons. The average Bonchev–Trinajstić information content (AvgIpc) is 2.81. The van der Waals surface area contributed by atoms with Crippen LogP contribution in [0.25, 0.3) is 6.08 Å². The molecule has 6 nitrogen and oxygen atoms in total. The van der Waals surface area contributed by atoms with Gasteiger partial charge in [-0.05, 0) is 41.5 Å². The van der Waals surface area contributed by atoms with Crippen molar-refractivity contribution >= 4 is 17.8 Å². The summed E-state index contributed by atoms with van der Waals surface area (Å²) in [6.45, 7) is 0.551. The number of aliphatic carboxylic acids is 1. The second-order valence-corrected chi connectivity index (χ2v) is 6.64. The van der Waals surface area contributed by atoms with Crippen LogP contribution in [0.5, 0.6) is 17.2 Å². The molecular formula is C25H23NO5. The number of nitrogens with one attached hydrogen (secondary N) is 1. The van der Waals surface area contributed by atoms with Gasteiger partial charge in [-0.15, -0.1) is 0 Å². The Balaban J connectivity index is 1.54. The Bertz CT molecular complexity index is 1060.